The monoisotopic (exact) mass is 310 g/mol. The molecule has 0 radical (unpaired) electrons. The van der Waals surface area contributed by atoms with Gasteiger partial charge in [-0.3, -0.25) is 9.59 Å². The normalized spacial score (nSPS) is 17.1. The Hall–Kier alpha value is -1.39. The van der Waals surface area contributed by atoms with Crippen molar-refractivity contribution in [1.82, 2.24) is 10.6 Å². The topological polar surface area (TPSA) is 58.2 Å². The first kappa shape index (κ1) is 17.7. The summed E-state index contributed by atoms with van der Waals surface area (Å²) in [7, 11) is 0. The van der Waals surface area contributed by atoms with Crippen molar-refractivity contribution in [3.63, 3.8) is 0 Å². The number of aryl methyl sites for hydroxylation is 1. The molecule has 2 rings (SSSR count). The van der Waals surface area contributed by atoms with Gasteiger partial charge in [-0.15, -0.1) is 12.4 Å². The zero-order valence-corrected chi connectivity index (χ0v) is 13.2. The van der Waals surface area contributed by atoms with Gasteiger partial charge in [-0.2, -0.15) is 0 Å². The molecular weight excluding hydrogens is 288 g/mol. The van der Waals surface area contributed by atoms with Gasteiger partial charge in [0.2, 0.25) is 5.91 Å². The van der Waals surface area contributed by atoms with Crippen LogP contribution in [0.5, 0.6) is 0 Å². The van der Waals surface area contributed by atoms with Gasteiger partial charge in [0, 0.05) is 31.0 Å². The summed E-state index contributed by atoms with van der Waals surface area (Å²) >= 11 is 0. The van der Waals surface area contributed by atoms with Crippen molar-refractivity contribution < 1.29 is 9.59 Å². The van der Waals surface area contributed by atoms with Crippen molar-refractivity contribution in [3.05, 3.63) is 35.4 Å². The molecule has 0 aromatic heterocycles. The lowest BCUT2D eigenvalue weighted by molar-refractivity contribution is -0.121. The lowest BCUT2D eigenvalue weighted by Gasteiger charge is -2.11. The fourth-order valence-electron chi connectivity index (χ4n) is 2.37. The minimum absolute atomic E-state index is 0. The molecule has 1 aliphatic rings. The van der Waals surface area contributed by atoms with Crippen molar-refractivity contribution in [2.75, 3.05) is 13.1 Å². The molecule has 1 unspecified atom stereocenters. The van der Waals surface area contributed by atoms with Gasteiger partial charge in [-0.05, 0) is 26.3 Å². The maximum atomic E-state index is 11.9. The van der Waals surface area contributed by atoms with Crippen LogP contribution < -0.4 is 10.6 Å². The second kappa shape index (κ2) is 8.80. The lowest BCUT2D eigenvalue weighted by atomic mass is 10.0. The van der Waals surface area contributed by atoms with Gasteiger partial charge in [0.25, 0.3) is 0 Å². The number of carbonyl (C=O) groups excluding carboxylic acids is 2. The number of rotatable bonds is 6. The summed E-state index contributed by atoms with van der Waals surface area (Å²) in [4.78, 5) is 23.6. The summed E-state index contributed by atoms with van der Waals surface area (Å²) in [6, 6.07) is 7.86. The first-order chi connectivity index (χ1) is 9.65. The average molecular weight is 311 g/mol. The molecule has 1 atom stereocenters. The summed E-state index contributed by atoms with van der Waals surface area (Å²) < 4.78 is 0. The number of ketones is 1. The van der Waals surface area contributed by atoms with E-state index in [2.05, 4.69) is 10.6 Å². The van der Waals surface area contributed by atoms with E-state index in [1.165, 1.54) is 6.42 Å². The van der Waals surface area contributed by atoms with Crippen LogP contribution in [0.1, 0.15) is 41.6 Å². The Bertz CT molecular complexity index is 468. The van der Waals surface area contributed by atoms with Gasteiger partial charge < -0.3 is 10.6 Å². The van der Waals surface area contributed by atoms with Gasteiger partial charge in [0.1, 0.15) is 0 Å². The molecule has 0 saturated carbocycles. The van der Waals surface area contributed by atoms with Gasteiger partial charge in [-0.25, -0.2) is 0 Å². The number of hydrogen-bond acceptors (Lipinski definition) is 3. The predicted molar refractivity (Wildman–Crippen MR) is 86.0 cm³/mol. The first-order valence-electron chi connectivity index (χ1n) is 7.25. The second-order valence-electron chi connectivity index (χ2n) is 5.39. The minimum Gasteiger partial charge on any atom is -0.355 e. The van der Waals surface area contributed by atoms with Crippen molar-refractivity contribution in [2.24, 2.45) is 0 Å². The number of nitrogens with one attached hydrogen (secondary N) is 2. The Kier molecular flexibility index (Phi) is 7.40. The highest BCUT2D eigenvalue weighted by molar-refractivity contribution is 5.97. The number of hydrogen-bond donors (Lipinski definition) is 2. The molecule has 1 aliphatic heterocycles. The van der Waals surface area contributed by atoms with E-state index < -0.39 is 0 Å². The average Bonchev–Trinajstić information content (AvgIpc) is 2.96. The molecule has 21 heavy (non-hydrogen) atoms. The lowest BCUT2D eigenvalue weighted by Crippen LogP contribution is -2.37. The summed E-state index contributed by atoms with van der Waals surface area (Å²) in [5.74, 6) is -0.0155. The molecule has 5 heteroatoms. The van der Waals surface area contributed by atoms with Crippen LogP contribution in [0.4, 0.5) is 0 Å². The highest BCUT2D eigenvalue weighted by Gasteiger charge is 2.15. The van der Waals surface area contributed by atoms with Gasteiger partial charge in [0.15, 0.2) is 5.78 Å². The second-order valence-corrected chi connectivity index (χ2v) is 5.39. The van der Waals surface area contributed by atoms with Crippen LogP contribution in [-0.4, -0.2) is 30.8 Å². The van der Waals surface area contributed by atoms with Gasteiger partial charge >= 0.3 is 0 Å². The molecule has 1 heterocycles. The number of benzene rings is 1. The molecule has 1 aromatic rings. The molecule has 2 N–H and O–H groups in total. The fraction of sp³-hybridized carbons (Fsp3) is 0.500. The first-order valence-corrected chi connectivity index (χ1v) is 7.25. The number of carbonyl (C=O) groups is 2. The van der Waals surface area contributed by atoms with E-state index in [4.69, 9.17) is 0 Å². The fourth-order valence-corrected chi connectivity index (χ4v) is 2.37. The van der Waals surface area contributed by atoms with Crippen LogP contribution in [-0.2, 0) is 4.79 Å². The number of halogens is 1. The van der Waals surface area contributed by atoms with E-state index in [-0.39, 0.29) is 36.9 Å². The van der Waals surface area contributed by atoms with E-state index in [9.17, 15) is 9.59 Å². The Morgan fingerprint density at radius 3 is 2.57 bits per heavy atom. The van der Waals surface area contributed by atoms with Crippen molar-refractivity contribution >= 4 is 24.1 Å². The van der Waals surface area contributed by atoms with Crippen LogP contribution in [0, 0.1) is 6.92 Å². The van der Waals surface area contributed by atoms with Crippen molar-refractivity contribution in [1.29, 1.82) is 0 Å². The largest absolute Gasteiger partial charge is 0.355 e. The van der Waals surface area contributed by atoms with E-state index in [0.29, 0.717) is 18.2 Å². The summed E-state index contributed by atoms with van der Waals surface area (Å²) in [6.45, 7) is 3.68. The highest BCUT2D eigenvalue weighted by Crippen LogP contribution is 2.08. The van der Waals surface area contributed by atoms with Crippen molar-refractivity contribution in [3.8, 4) is 0 Å². The maximum absolute atomic E-state index is 11.9. The van der Waals surface area contributed by atoms with E-state index in [1.54, 1.807) is 0 Å². The molecule has 1 fully saturated rings. The van der Waals surface area contributed by atoms with Crippen LogP contribution in [0.25, 0.3) is 0 Å². The van der Waals surface area contributed by atoms with Crippen molar-refractivity contribution in [2.45, 2.75) is 38.6 Å². The van der Waals surface area contributed by atoms with Gasteiger partial charge in [-0.1, -0.05) is 29.8 Å². The standard InChI is InChI=1S/C16H22N2O2.ClH/c1-12-4-6-13(7-5-12)15(19)8-9-16(20)18-11-14-3-2-10-17-14;/h4-7,14,17H,2-3,8-11H2,1H3,(H,18,20);1H. The number of amides is 1. The SMILES string of the molecule is Cc1ccc(C(=O)CCC(=O)NCC2CCCN2)cc1.Cl. The molecule has 1 saturated heterocycles. The van der Waals surface area contributed by atoms with Crippen LogP contribution >= 0.6 is 12.4 Å². The third-order valence-electron chi connectivity index (χ3n) is 3.66. The van der Waals surface area contributed by atoms with Crippen LogP contribution in [0.2, 0.25) is 0 Å². The molecule has 0 spiro atoms. The van der Waals surface area contributed by atoms with E-state index >= 15 is 0 Å². The molecular formula is C16H23ClN2O2. The molecule has 1 aromatic carbocycles. The minimum atomic E-state index is -0.0424. The van der Waals surface area contributed by atoms with Gasteiger partial charge in [0.05, 0.1) is 0 Å². The third kappa shape index (κ3) is 5.86. The summed E-state index contributed by atoms with van der Waals surface area (Å²) in [6.07, 6.45) is 2.82. The Balaban J connectivity index is 0.00000220. The zero-order valence-electron chi connectivity index (χ0n) is 12.4. The smallest absolute Gasteiger partial charge is 0.220 e. The Morgan fingerprint density at radius 1 is 1.24 bits per heavy atom. The molecule has 0 aliphatic carbocycles. The van der Waals surface area contributed by atoms with Crippen LogP contribution in [0.15, 0.2) is 24.3 Å². The molecule has 116 valence electrons. The van der Waals surface area contributed by atoms with E-state index in [1.807, 2.05) is 31.2 Å². The molecule has 1 amide bonds. The summed E-state index contributed by atoms with van der Waals surface area (Å²) in [5.41, 5.74) is 1.81. The molecule has 4 nitrogen and oxygen atoms in total. The third-order valence-corrected chi connectivity index (χ3v) is 3.66. The molecule has 0 bridgehead atoms. The highest BCUT2D eigenvalue weighted by atomic mass is 35.5. The zero-order chi connectivity index (χ0) is 14.4. The Labute approximate surface area is 132 Å². The van der Waals surface area contributed by atoms with E-state index in [0.717, 1.165) is 18.5 Å². The predicted octanol–water partition coefficient (Wildman–Crippen LogP) is 2.25. The maximum Gasteiger partial charge on any atom is 0.220 e. The summed E-state index contributed by atoms with van der Waals surface area (Å²) in [5, 5.41) is 6.21. The Morgan fingerprint density at radius 2 is 1.95 bits per heavy atom. The number of Topliss-reactive ketones (excluding diaryl/α,β-unsaturated/α-hetero) is 1. The van der Waals surface area contributed by atoms with Crippen LogP contribution in [0.3, 0.4) is 0 Å². The quantitative estimate of drug-likeness (QED) is 0.792.